The van der Waals surface area contributed by atoms with Gasteiger partial charge < -0.3 is 14.6 Å². The van der Waals surface area contributed by atoms with Gasteiger partial charge in [0.15, 0.2) is 5.76 Å². The molecular weight excluding hydrogens is 366 g/mol. The molecule has 1 aliphatic heterocycles. The van der Waals surface area contributed by atoms with Crippen LogP contribution in [0.4, 0.5) is 0 Å². The summed E-state index contributed by atoms with van der Waals surface area (Å²) in [5.41, 5.74) is 1.11. The number of piperazine rings is 1. The maximum absolute atomic E-state index is 12.4. The number of carbonyl (C=O) groups excluding carboxylic acids is 2. The van der Waals surface area contributed by atoms with E-state index in [4.69, 9.17) is 16.0 Å². The summed E-state index contributed by atoms with van der Waals surface area (Å²) in [5.74, 6) is 0.00981. The van der Waals surface area contributed by atoms with Crippen LogP contribution < -0.4 is 5.32 Å². The monoisotopic (exact) mass is 389 g/mol. The second-order valence-electron chi connectivity index (χ2n) is 6.60. The molecule has 1 aromatic heterocycles. The second-order valence-corrected chi connectivity index (χ2v) is 7.00. The number of nitrogens with one attached hydrogen (secondary N) is 1. The van der Waals surface area contributed by atoms with Crippen molar-refractivity contribution in [1.29, 1.82) is 0 Å². The third-order valence-electron chi connectivity index (χ3n) is 4.94. The number of benzene rings is 1. The molecule has 0 spiro atoms. The normalized spacial score (nSPS) is 16.1. The van der Waals surface area contributed by atoms with Crippen LogP contribution in [0.15, 0.2) is 47.1 Å². The summed E-state index contributed by atoms with van der Waals surface area (Å²) in [7, 11) is 0. The average Bonchev–Trinajstić information content (AvgIpc) is 3.23. The van der Waals surface area contributed by atoms with Gasteiger partial charge in [-0.25, -0.2) is 0 Å². The van der Waals surface area contributed by atoms with Gasteiger partial charge in [0.25, 0.3) is 5.91 Å². The van der Waals surface area contributed by atoms with Crippen molar-refractivity contribution in [2.45, 2.75) is 19.4 Å². The molecule has 1 unspecified atom stereocenters. The van der Waals surface area contributed by atoms with Crippen molar-refractivity contribution in [3.63, 3.8) is 0 Å². The van der Waals surface area contributed by atoms with Gasteiger partial charge in [0.1, 0.15) is 0 Å². The Kier molecular flexibility index (Phi) is 6.53. The largest absolute Gasteiger partial charge is 0.459 e. The van der Waals surface area contributed by atoms with Crippen molar-refractivity contribution in [2.24, 2.45) is 0 Å². The van der Waals surface area contributed by atoms with Gasteiger partial charge in [-0.1, -0.05) is 29.8 Å². The number of hydrogen-bond donors (Lipinski definition) is 1. The lowest BCUT2D eigenvalue weighted by Crippen LogP contribution is -2.49. The molecule has 144 valence electrons. The van der Waals surface area contributed by atoms with Crippen molar-refractivity contribution < 1.29 is 14.0 Å². The average molecular weight is 390 g/mol. The van der Waals surface area contributed by atoms with Crippen LogP contribution in [-0.4, -0.2) is 54.3 Å². The maximum atomic E-state index is 12.4. The fourth-order valence-electron chi connectivity index (χ4n) is 3.31. The van der Waals surface area contributed by atoms with E-state index in [1.165, 1.54) is 6.26 Å². The van der Waals surface area contributed by atoms with Gasteiger partial charge in [-0.3, -0.25) is 14.5 Å². The first-order valence-electron chi connectivity index (χ1n) is 9.14. The van der Waals surface area contributed by atoms with E-state index in [-0.39, 0.29) is 30.0 Å². The summed E-state index contributed by atoms with van der Waals surface area (Å²) in [4.78, 5) is 28.4. The third kappa shape index (κ3) is 4.90. The molecule has 1 fully saturated rings. The predicted octanol–water partition coefficient (Wildman–Crippen LogP) is 2.96. The van der Waals surface area contributed by atoms with Gasteiger partial charge in [-0.15, -0.1) is 0 Å². The van der Waals surface area contributed by atoms with Gasteiger partial charge in [-0.05, 0) is 30.7 Å². The number of furan rings is 1. The Morgan fingerprint density at radius 3 is 2.56 bits per heavy atom. The first-order chi connectivity index (χ1) is 13.1. The highest BCUT2D eigenvalue weighted by atomic mass is 35.5. The fraction of sp³-hybridized carbons (Fsp3) is 0.400. The highest BCUT2D eigenvalue weighted by Crippen LogP contribution is 2.27. The summed E-state index contributed by atoms with van der Waals surface area (Å²) in [6.07, 6.45) is 1.73. The van der Waals surface area contributed by atoms with Crippen LogP contribution in [0.25, 0.3) is 0 Å². The molecule has 1 saturated heterocycles. The molecule has 1 atom stereocenters. The van der Waals surface area contributed by atoms with Gasteiger partial charge in [-0.2, -0.15) is 0 Å². The van der Waals surface area contributed by atoms with Crippen LogP contribution in [0.3, 0.4) is 0 Å². The molecule has 3 rings (SSSR count). The lowest BCUT2D eigenvalue weighted by atomic mass is 10.1. The summed E-state index contributed by atoms with van der Waals surface area (Å²) >= 11 is 6.30. The molecule has 1 N–H and O–H groups in total. The van der Waals surface area contributed by atoms with Crippen molar-refractivity contribution in [3.05, 3.63) is 59.0 Å². The number of rotatable bonds is 6. The predicted molar refractivity (Wildman–Crippen MR) is 104 cm³/mol. The van der Waals surface area contributed by atoms with Crippen molar-refractivity contribution in [1.82, 2.24) is 15.1 Å². The van der Waals surface area contributed by atoms with Gasteiger partial charge in [0.05, 0.1) is 6.26 Å². The first kappa shape index (κ1) is 19.5. The first-order valence-corrected chi connectivity index (χ1v) is 9.52. The topological polar surface area (TPSA) is 65.8 Å². The number of amides is 2. The number of hydrogen-bond acceptors (Lipinski definition) is 4. The SMILES string of the molecule is CC(c1ccccc1Cl)N1CCN(C(=O)CCNC(=O)c2ccco2)CC1. The molecule has 2 amide bonds. The highest BCUT2D eigenvalue weighted by molar-refractivity contribution is 6.31. The lowest BCUT2D eigenvalue weighted by Gasteiger charge is -2.38. The molecule has 27 heavy (non-hydrogen) atoms. The zero-order chi connectivity index (χ0) is 19.2. The van der Waals surface area contributed by atoms with Crippen molar-refractivity contribution in [3.8, 4) is 0 Å². The Bertz CT molecular complexity index is 771. The zero-order valence-electron chi connectivity index (χ0n) is 15.4. The minimum absolute atomic E-state index is 0.0554. The van der Waals surface area contributed by atoms with E-state index < -0.39 is 0 Å². The van der Waals surface area contributed by atoms with Crippen molar-refractivity contribution in [2.75, 3.05) is 32.7 Å². The fourth-order valence-corrected chi connectivity index (χ4v) is 3.60. The molecule has 1 aromatic carbocycles. The molecule has 0 saturated carbocycles. The minimum Gasteiger partial charge on any atom is -0.459 e. The van der Waals surface area contributed by atoms with E-state index in [1.54, 1.807) is 12.1 Å². The molecule has 2 aromatic rings. The van der Waals surface area contributed by atoms with E-state index in [9.17, 15) is 9.59 Å². The van der Waals surface area contributed by atoms with E-state index in [2.05, 4.69) is 17.1 Å². The minimum atomic E-state index is -0.300. The smallest absolute Gasteiger partial charge is 0.286 e. The van der Waals surface area contributed by atoms with Crippen LogP contribution in [0.1, 0.15) is 35.5 Å². The lowest BCUT2D eigenvalue weighted by molar-refractivity contribution is -0.133. The van der Waals surface area contributed by atoms with Gasteiger partial charge in [0.2, 0.25) is 5.91 Å². The number of carbonyl (C=O) groups is 2. The van der Waals surface area contributed by atoms with Gasteiger partial charge in [0, 0.05) is 50.2 Å². The molecular formula is C20H24ClN3O3. The van der Waals surface area contributed by atoms with Gasteiger partial charge >= 0.3 is 0 Å². The van der Waals surface area contributed by atoms with E-state index in [1.807, 2.05) is 29.2 Å². The molecule has 6 nitrogen and oxygen atoms in total. The Morgan fingerprint density at radius 2 is 1.89 bits per heavy atom. The quantitative estimate of drug-likeness (QED) is 0.824. The molecule has 0 aliphatic carbocycles. The van der Waals surface area contributed by atoms with Crippen molar-refractivity contribution >= 4 is 23.4 Å². The van der Waals surface area contributed by atoms with Crippen LogP contribution in [0.2, 0.25) is 5.02 Å². The maximum Gasteiger partial charge on any atom is 0.286 e. The molecule has 1 aliphatic rings. The Labute approximate surface area is 164 Å². The van der Waals surface area contributed by atoms with Crippen LogP contribution in [0, 0.1) is 0 Å². The summed E-state index contributed by atoms with van der Waals surface area (Å²) in [5, 5.41) is 3.48. The van der Waals surface area contributed by atoms with E-state index >= 15 is 0 Å². The summed E-state index contributed by atoms with van der Waals surface area (Å²) < 4.78 is 5.03. The number of nitrogens with zero attached hydrogens (tertiary/aromatic N) is 2. The number of halogens is 1. The zero-order valence-corrected chi connectivity index (χ0v) is 16.1. The molecule has 0 radical (unpaired) electrons. The molecule has 7 heteroatoms. The Morgan fingerprint density at radius 1 is 1.15 bits per heavy atom. The summed E-state index contributed by atoms with van der Waals surface area (Å²) in [6.45, 7) is 5.41. The van der Waals surface area contributed by atoms with E-state index in [0.29, 0.717) is 19.6 Å². The van der Waals surface area contributed by atoms with Crippen LogP contribution >= 0.6 is 11.6 Å². The Hall–Kier alpha value is -2.31. The van der Waals surface area contributed by atoms with Crippen LogP contribution in [-0.2, 0) is 4.79 Å². The highest BCUT2D eigenvalue weighted by Gasteiger charge is 2.25. The standard InChI is InChI=1S/C20H24ClN3O3/c1-15(16-5-2-3-6-17(16)21)23-10-12-24(13-11-23)19(25)8-9-22-20(26)18-7-4-14-27-18/h2-7,14-15H,8-13H2,1H3,(H,22,26). The molecule has 0 bridgehead atoms. The molecule has 2 heterocycles. The Balaban J connectivity index is 1.42. The van der Waals surface area contributed by atoms with E-state index in [0.717, 1.165) is 23.7 Å². The summed E-state index contributed by atoms with van der Waals surface area (Å²) in [6, 6.07) is 11.3. The van der Waals surface area contributed by atoms with Crippen LogP contribution in [0.5, 0.6) is 0 Å². The second kappa shape index (κ2) is 9.06. The third-order valence-corrected chi connectivity index (χ3v) is 5.28.